The summed E-state index contributed by atoms with van der Waals surface area (Å²) in [5.74, 6) is 1.43. The van der Waals surface area contributed by atoms with E-state index in [2.05, 4.69) is 32.7 Å². The molecule has 0 aliphatic carbocycles. The van der Waals surface area contributed by atoms with Crippen molar-refractivity contribution in [2.75, 3.05) is 13.2 Å². The standard InChI is InChI=1S/C19H24N6O/c1-24-9-8-21-19(24)18-16(7-10-26-18)11-20-12-17-13-22-23-25(17)14-15-5-3-2-4-6-15/h2-6,8-9,13,16,18,20H,7,10-12,14H2,1H3/t16-,18+/m0/s1. The number of ether oxygens (including phenoxy) is 1. The van der Waals surface area contributed by atoms with Crippen LogP contribution in [0, 0.1) is 5.92 Å². The van der Waals surface area contributed by atoms with Gasteiger partial charge >= 0.3 is 0 Å². The van der Waals surface area contributed by atoms with Gasteiger partial charge < -0.3 is 14.6 Å². The first kappa shape index (κ1) is 16.9. The highest BCUT2D eigenvalue weighted by molar-refractivity contribution is 5.15. The van der Waals surface area contributed by atoms with Gasteiger partial charge in [-0.05, 0) is 12.0 Å². The van der Waals surface area contributed by atoms with Crippen molar-refractivity contribution in [2.24, 2.45) is 13.0 Å². The van der Waals surface area contributed by atoms with E-state index in [1.807, 2.05) is 53.1 Å². The number of nitrogens with zero attached hydrogens (tertiary/aromatic N) is 5. The Kier molecular flexibility index (Phi) is 5.08. The predicted octanol–water partition coefficient (Wildman–Crippen LogP) is 1.93. The molecule has 1 aliphatic heterocycles. The Bertz CT molecular complexity index is 827. The van der Waals surface area contributed by atoms with Crippen molar-refractivity contribution in [3.8, 4) is 0 Å². The third kappa shape index (κ3) is 3.68. The zero-order valence-corrected chi connectivity index (χ0v) is 15.0. The molecule has 7 heteroatoms. The first-order valence-corrected chi connectivity index (χ1v) is 9.02. The molecular formula is C19H24N6O. The lowest BCUT2D eigenvalue weighted by Gasteiger charge is -2.18. The highest BCUT2D eigenvalue weighted by Gasteiger charge is 2.32. The SMILES string of the molecule is Cn1ccnc1[C@@H]1OCC[C@H]1CNCc1cnnn1Cc1ccccc1. The molecule has 26 heavy (non-hydrogen) atoms. The van der Waals surface area contributed by atoms with Gasteiger partial charge in [-0.1, -0.05) is 35.5 Å². The maximum absolute atomic E-state index is 5.93. The number of rotatable bonds is 7. The Balaban J connectivity index is 1.34. The summed E-state index contributed by atoms with van der Waals surface area (Å²) in [5, 5.41) is 11.8. The summed E-state index contributed by atoms with van der Waals surface area (Å²) in [6.45, 7) is 3.15. The number of benzene rings is 1. The summed E-state index contributed by atoms with van der Waals surface area (Å²) < 4.78 is 9.92. The van der Waals surface area contributed by atoms with Crippen LogP contribution in [-0.4, -0.2) is 37.7 Å². The zero-order chi connectivity index (χ0) is 17.8. The van der Waals surface area contributed by atoms with Crippen LogP contribution in [0.3, 0.4) is 0 Å². The van der Waals surface area contributed by atoms with E-state index in [4.69, 9.17) is 4.74 Å². The van der Waals surface area contributed by atoms with Gasteiger partial charge in [0.05, 0.1) is 18.4 Å². The van der Waals surface area contributed by atoms with E-state index in [-0.39, 0.29) is 6.10 Å². The van der Waals surface area contributed by atoms with Crippen molar-refractivity contribution >= 4 is 0 Å². The Morgan fingerprint density at radius 3 is 2.96 bits per heavy atom. The van der Waals surface area contributed by atoms with Gasteiger partial charge in [0.2, 0.25) is 0 Å². The van der Waals surface area contributed by atoms with Crippen LogP contribution in [0.4, 0.5) is 0 Å². The van der Waals surface area contributed by atoms with Gasteiger partial charge in [0.1, 0.15) is 11.9 Å². The molecule has 3 heterocycles. The average Bonchev–Trinajstić information content (AvgIpc) is 3.38. The van der Waals surface area contributed by atoms with E-state index in [1.165, 1.54) is 5.56 Å². The van der Waals surface area contributed by atoms with Crippen molar-refractivity contribution in [1.82, 2.24) is 29.9 Å². The fraction of sp³-hybridized carbons (Fsp3) is 0.421. The first-order chi connectivity index (χ1) is 12.8. The lowest BCUT2D eigenvalue weighted by molar-refractivity contribution is 0.0810. The van der Waals surface area contributed by atoms with Gasteiger partial charge in [-0.25, -0.2) is 9.67 Å². The van der Waals surface area contributed by atoms with Crippen LogP contribution in [-0.2, 0) is 24.9 Å². The smallest absolute Gasteiger partial charge is 0.137 e. The molecule has 0 unspecified atom stereocenters. The number of aryl methyl sites for hydroxylation is 1. The van der Waals surface area contributed by atoms with Crippen molar-refractivity contribution < 1.29 is 4.74 Å². The quantitative estimate of drug-likeness (QED) is 0.704. The maximum atomic E-state index is 5.93. The van der Waals surface area contributed by atoms with Gasteiger partial charge in [-0.3, -0.25) is 0 Å². The minimum absolute atomic E-state index is 0.0647. The van der Waals surface area contributed by atoms with Crippen LogP contribution in [0.5, 0.6) is 0 Å². The van der Waals surface area contributed by atoms with E-state index in [9.17, 15) is 0 Å². The van der Waals surface area contributed by atoms with Gasteiger partial charge in [0, 0.05) is 45.1 Å². The van der Waals surface area contributed by atoms with Gasteiger partial charge in [-0.2, -0.15) is 0 Å². The van der Waals surface area contributed by atoms with E-state index in [1.54, 1.807) is 0 Å². The molecule has 0 bridgehead atoms. The molecule has 2 atom stereocenters. The van der Waals surface area contributed by atoms with Gasteiger partial charge in [-0.15, -0.1) is 5.10 Å². The molecule has 1 fully saturated rings. The molecule has 4 rings (SSSR count). The van der Waals surface area contributed by atoms with Crippen molar-refractivity contribution in [3.63, 3.8) is 0 Å². The van der Waals surface area contributed by atoms with Gasteiger partial charge in [0.25, 0.3) is 0 Å². The van der Waals surface area contributed by atoms with Crippen LogP contribution in [0.15, 0.2) is 48.9 Å². The van der Waals surface area contributed by atoms with Crippen molar-refractivity contribution in [2.45, 2.75) is 25.6 Å². The second kappa shape index (κ2) is 7.80. The number of hydrogen-bond donors (Lipinski definition) is 1. The first-order valence-electron chi connectivity index (χ1n) is 9.02. The normalized spacial score (nSPS) is 19.9. The fourth-order valence-electron chi connectivity index (χ4n) is 3.47. The fourth-order valence-corrected chi connectivity index (χ4v) is 3.47. The zero-order valence-electron chi connectivity index (χ0n) is 15.0. The number of nitrogens with one attached hydrogen (secondary N) is 1. The Hall–Kier alpha value is -2.51. The van der Waals surface area contributed by atoms with E-state index >= 15 is 0 Å². The summed E-state index contributed by atoms with van der Waals surface area (Å²) >= 11 is 0. The molecule has 136 valence electrons. The molecule has 2 aromatic heterocycles. The van der Waals surface area contributed by atoms with E-state index < -0.39 is 0 Å². The van der Waals surface area contributed by atoms with Crippen LogP contribution in [0.25, 0.3) is 0 Å². The van der Waals surface area contributed by atoms with Crippen molar-refractivity contribution in [1.29, 1.82) is 0 Å². The summed E-state index contributed by atoms with van der Waals surface area (Å²) in [5.41, 5.74) is 2.31. The average molecular weight is 352 g/mol. The monoisotopic (exact) mass is 352 g/mol. The van der Waals surface area contributed by atoms with E-state index in [0.717, 1.165) is 44.2 Å². The minimum Gasteiger partial charge on any atom is -0.370 e. The van der Waals surface area contributed by atoms with Crippen LogP contribution in [0.2, 0.25) is 0 Å². The molecule has 1 N–H and O–H groups in total. The molecular weight excluding hydrogens is 328 g/mol. The molecule has 0 amide bonds. The lowest BCUT2D eigenvalue weighted by Crippen LogP contribution is -2.26. The third-order valence-corrected chi connectivity index (χ3v) is 4.91. The maximum Gasteiger partial charge on any atom is 0.137 e. The minimum atomic E-state index is 0.0647. The summed E-state index contributed by atoms with van der Waals surface area (Å²) in [4.78, 5) is 4.45. The lowest BCUT2D eigenvalue weighted by atomic mass is 10.0. The van der Waals surface area contributed by atoms with Gasteiger partial charge in [0.15, 0.2) is 0 Å². The molecule has 3 aromatic rings. The highest BCUT2D eigenvalue weighted by Crippen LogP contribution is 2.32. The molecule has 0 saturated carbocycles. The number of aromatic nitrogens is 5. The number of imidazole rings is 1. The predicted molar refractivity (Wildman–Crippen MR) is 97.3 cm³/mol. The topological polar surface area (TPSA) is 69.8 Å². The molecule has 1 saturated heterocycles. The molecule has 0 spiro atoms. The third-order valence-electron chi connectivity index (χ3n) is 4.91. The molecule has 7 nitrogen and oxygen atoms in total. The Morgan fingerprint density at radius 2 is 2.15 bits per heavy atom. The molecule has 0 radical (unpaired) electrons. The summed E-state index contributed by atoms with van der Waals surface area (Å²) in [7, 11) is 2.02. The highest BCUT2D eigenvalue weighted by atomic mass is 16.5. The van der Waals surface area contributed by atoms with Crippen LogP contribution < -0.4 is 5.32 Å². The van der Waals surface area contributed by atoms with E-state index in [0.29, 0.717) is 5.92 Å². The summed E-state index contributed by atoms with van der Waals surface area (Å²) in [6.07, 6.45) is 6.74. The Labute approximate surface area is 153 Å². The van der Waals surface area contributed by atoms with Crippen LogP contribution >= 0.6 is 0 Å². The molecule has 1 aromatic carbocycles. The second-order valence-corrected chi connectivity index (χ2v) is 6.74. The number of hydrogen-bond acceptors (Lipinski definition) is 5. The molecule has 1 aliphatic rings. The summed E-state index contributed by atoms with van der Waals surface area (Å²) in [6, 6.07) is 10.3. The van der Waals surface area contributed by atoms with Crippen molar-refractivity contribution in [3.05, 3.63) is 66.0 Å². The largest absolute Gasteiger partial charge is 0.370 e. The second-order valence-electron chi connectivity index (χ2n) is 6.74. The Morgan fingerprint density at radius 1 is 1.27 bits per heavy atom. The van der Waals surface area contributed by atoms with Crippen LogP contribution in [0.1, 0.15) is 29.6 Å².